The number of nitrogens with one attached hydrogen (secondary N) is 2. The molecule has 2 rings (SSSR count). The van der Waals surface area contributed by atoms with E-state index in [1.807, 2.05) is 24.3 Å². The molecule has 1 aromatic rings. The number of anilines is 1. The molecule has 0 spiro atoms. The molecule has 1 aromatic carbocycles. The molecule has 1 heterocycles. The standard InChI is InChI=1S/C18H27N3O3/c1-21(2)18(23)9-8-14-5-3-6-15(11-14)20-17(22)13-19-12-16-7-4-10-24-16/h3,5-6,11,16,19H,4,7-10,12-13H2,1-2H3,(H,20,22). The molecule has 1 aliphatic heterocycles. The van der Waals surface area contributed by atoms with Gasteiger partial charge in [0, 0.05) is 39.4 Å². The zero-order valence-corrected chi connectivity index (χ0v) is 14.5. The maximum atomic E-state index is 12.0. The predicted molar refractivity (Wildman–Crippen MR) is 93.9 cm³/mol. The minimum absolute atomic E-state index is 0.0745. The molecule has 1 fully saturated rings. The number of nitrogens with zero attached hydrogens (tertiary/aromatic N) is 1. The van der Waals surface area contributed by atoms with E-state index in [1.165, 1.54) is 0 Å². The fraction of sp³-hybridized carbons (Fsp3) is 0.556. The Bertz CT molecular complexity index is 554. The van der Waals surface area contributed by atoms with Crippen molar-refractivity contribution in [2.24, 2.45) is 0 Å². The topological polar surface area (TPSA) is 70.7 Å². The first-order valence-electron chi connectivity index (χ1n) is 8.46. The van der Waals surface area contributed by atoms with E-state index in [0.29, 0.717) is 19.4 Å². The minimum Gasteiger partial charge on any atom is -0.377 e. The van der Waals surface area contributed by atoms with Crippen molar-refractivity contribution in [2.45, 2.75) is 31.8 Å². The highest BCUT2D eigenvalue weighted by Gasteiger charge is 2.15. The number of ether oxygens (including phenoxy) is 1. The summed E-state index contributed by atoms with van der Waals surface area (Å²) in [4.78, 5) is 25.2. The van der Waals surface area contributed by atoms with E-state index in [4.69, 9.17) is 4.74 Å². The molecule has 1 aliphatic rings. The van der Waals surface area contributed by atoms with Crippen LogP contribution in [0.15, 0.2) is 24.3 Å². The number of rotatable bonds is 8. The predicted octanol–water partition coefficient (Wildman–Crippen LogP) is 1.41. The van der Waals surface area contributed by atoms with Gasteiger partial charge in [-0.3, -0.25) is 9.59 Å². The molecule has 1 unspecified atom stereocenters. The van der Waals surface area contributed by atoms with Crippen LogP contribution in [-0.4, -0.2) is 56.6 Å². The van der Waals surface area contributed by atoms with Crippen molar-refractivity contribution >= 4 is 17.5 Å². The maximum absolute atomic E-state index is 12.0. The number of amides is 2. The van der Waals surface area contributed by atoms with E-state index < -0.39 is 0 Å². The lowest BCUT2D eigenvalue weighted by Crippen LogP contribution is -2.33. The van der Waals surface area contributed by atoms with Crippen molar-refractivity contribution in [1.29, 1.82) is 0 Å². The molecule has 0 bridgehead atoms. The molecule has 24 heavy (non-hydrogen) atoms. The molecular formula is C18H27N3O3. The first kappa shape index (κ1) is 18.4. The van der Waals surface area contributed by atoms with E-state index in [2.05, 4.69) is 10.6 Å². The maximum Gasteiger partial charge on any atom is 0.238 e. The van der Waals surface area contributed by atoms with E-state index in [9.17, 15) is 9.59 Å². The van der Waals surface area contributed by atoms with E-state index in [1.54, 1.807) is 19.0 Å². The van der Waals surface area contributed by atoms with E-state index in [0.717, 1.165) is 30.7 Å². The van der Waals surface area contributed by atoms with Gasteiger partial charge in [-0.1, -0.05) is 12.1 Å². The summed E-state index contributed by atoms with van der Waals surface area (Å²) in [5.74, 6) is 0.0253. The lowest BCUT2D eigenvalue weighted by molar-refractivity contribution is -0.128. The molecule has 2 N–H and O–H groups in total. The van der Waals surface area contributed by atoms with Gasteiger partial charge in [0.05, 0.1) is 12.6 Å². The summed E-state index contributed by atoms with van der Waals surface area (Å²) in [6.45, 7) is 1.80. The van der Waals surface area contributed by atoms with Crippen LogP contribution in [0.25, 0.3) is 0 Å². The number of carbonyl (C=O) groups excluding carboxylic acids is 2. The second-order valence-corrected chi connectivity index (χ2v) is 6.30. The SMILES string of the molecule is CN(C)C(=O)CCc1cccc(NC(=O)CNCC2CCCO2)c1. The van der Waals surface area contributed by atoms with Crippen LogP contribution < -0.4 is 10.6 Å². The fourth-order valence-electron chi connectivity index (χ4n) is 2.64. The Hall–Kier alpha value is -1.92. The molecule has 1 atom stereocenters. The lowest BCUT2D eigenvalue weighted by atomic mass is 10.1. The van der Waals surface area contributed by atoms with Crippen molar-refractivity contribution in [3.05, 3.63) is 29.8 Å². The van der Waals surface area contributed by atoms with Gasteiger partial charge in [-0.25, -0.2) is 0 Å². The molecule has 2 amide bonds. The molecule has 0 saturated carbocycles. The first-order chi connectivity index (χ1) is 11.5. The van der Waals surface area contributed by atoms with Crippen LogP contribution in [0.2, 0.25) is 0 Å². The van der Waals surface area contributed by atoms with Crippen molar-refractivity contribution in [3.63, 3.8) is 0 Å². The van der Waals surface area contributed by atoms with Crippen LogP contribution in [0.1, 0.15) is 24.8 Å². The first-order valence-corrected chi connectivity index (χ1v) is 8.46. The van der Waals surface area contributed by atoms with Crippen molar-refractivity contribution in [1.82, 2.24) is 10.2 Å². The third-order valence-corrected chi connectivity index (χ3v) is 4.02. The van der Waals surface area contributed by atoms with Gasteiger partial charge in [0.2, 0.25) is 11.8 Å². The van der Waals surface area contributed by atoms with Crippen molar-refractivity contribution in [2.75, 3.05) is 39.1 Å². The third kappa shape index (κ3) is 6.29. The van der Waals surface area contributed by atoms with Crippen molar-refractivity contribution < 1.29 is 14.3 Å². The summed E-state index contributed by atoms with van der Waals surface area (Å²) >= 11 is 0. The molecule has 6 heteroatoms. The van der Waals surface area contributed by atoms with Crippen LogP contribution >= 0.6 is 0 Å². The van der Waals surface area contributed by atoms with Crippen LogP contribution in [0.3, 0.4) is 0 Å². The summed E-state index contributed by atoms with van der Waals surface area (Å²) in [6.07, 6.45) is 3.52. The summed E-state index contributed by atoms with van der Waals surface area (Å²) in [5.41, 5.74) is 1.80. The number of hydrogen-bond acceptors (Lipinski definition) is 4. The number of aryl methyl sites for hydroxylation is 1. The van der Waals surface area contributed by atoms with Gasteiger partial charge in [-0.05, 0) is 37.0 Å². The van der Waals surface area contributed by atoms with Gasteiger partial charge in [0.1, 0.15) is 0 Å². The van der Waals surface area contributed by atoms with Gasteiger partial charge < -0.3 is 20.3 Å². The number of carbonyl (C=O) groups is 2. The molecule has 132 valence electrons. The van der Waals surface area contributed by atoms with Gasteiger partial charge in [0.25, 0.3) is 0 Å². The van der Waals surface area contributed by atoms with Crippen molar-refractivity contribution in [3.8, 4) is 0 Å². The second-order valence-electron chi connectivity index (χ2n) is 6.30. The Balaban J connectivity index is 1.73. The molecule has 0 aromatic heterocycles. The molecule has 0 aliphatic carbocycles. The van der Waals surface area contributed by atoms with Crippen LogP contribution in [0, 0.1) is 0 Å². The van der Waals surface area contributed by atoms with Gasteiger partial charge >= 0.3 is 0 Å². The second kappa shape index (κ2) is 9.39. The van der Waals surface area contributed by atoms with Crippen LogP contribution in [-0.2, 0) is 20.7 Å². The summed E-state index contributed by atoms with van der Waals surface area (Å²) < 4.78 is 5.51. The highest BCUT2D eigenvalue weighted by Crippen LogP contribution is 2.13. The zero-order valence-electron chi connectivity index (χ0n) is 14.5. The van der Waals surface area contributed by atoms with E-state index in [-0.39, 0.29) is 24.5 Å². The Morgan fingerprint density at radius 2 is 2.17 bits per heavy atom. The van der Waals surface area contributed by atoms with Gasteiger partial charge in [-0.2, -0.15) is 0 Å². The Morgan fingerprint density at radius 3 is 2.88 bits per heavy atom. The Kier molecular flexibility index (Phi) is 7.21. The van der Waals surface area contributed by atoms with Crippen LogP contribution in [0.5, 0.6) is 0 Å². The quantitative estimate of drug-likeness (QED) is 0.755. The average molecular weight is 333 g/mol. The molecule has 0 radical (unpaired) electrons. The minimum atomic E-state index is -0.0745. The van der Waals surface area contributed by atoms with E-state index >= 15 is 0 Å². The highest BCUT2D eigenvalue weighted by molar-refractivity contribution is 5.92. The average Bonchev–Trinajstić information content (AvgIpc) is 3.06. The smallest absolute Gasteiger partial charge is 0.238 e. The molecular weight excluding hydrogens is 306 g/mol. The monoisotopic (exact) mass is 333 g/mol. The summed E-state index contributed by atoms with van der Waals surface area (Å²) in [6, 6.07) is 7.63. The summed E-state index contributed by atoms with van der Waals surface area (Å²) in [7, 11) is 3.51. The Morgan fingerprint density at radius 1 is 1.33 bits per heavy atom. The fourth-order valence-corrected chi connectivity index (χ4v) is 2.64. The normalized spacial score (nSPS) is 16.8. The number of benzene rings is 1. The molecule has 1 saturated heterocycles. The van der Waals surface area contributed by atoms with Crippen LogP contribution in [0.4, 0.5) is 5.69 Å². The summed E-state index contributed by atoms with van der Waals surface area (Å²) in [5, 5.41) is 6.01. The third-order valence-electron chi connectivity index (χ3n) is 4.02. The zero-order chi connectivity index (χ0) is 17.4. The number of hydrogen-bond donors (Lipinski definition) is 2. The Labute approximate surface area is 143 Å². The van der Waals surface area contributed by atoms with Gasteiger partial charge in [0.15, 0.2) is 0 Å². The largest absolute Gasteiger partial charge is 0.377 e. The highest BCUT2D eigenvalue weighted by atomic mass is 16.5. The van der Waals surface area contributed by atoms with Gasteiger partial charge in [-0.15, -0.1) is 0 Å². The molecule has 6 nitrogen and oxygen atoms in total. The lowest BCUT2D eigenvalue weighted by Gasteiger charge is -2.12.